The summed E-state index contributed by atoms with van der Waals surface area (Å²) >= 11 is 2.91. The SMILES string of the molecule is C=NNc1ccc(C(F)(F)F)c(Br)c1C. The van der Waals surface area contributed by atoms with Crippen LogP contribution >= 0.6 is 15.9 Å². The van der Waals surface area contributed by atoms with E-state index >= 15 is 0 Å². The molecule has 0 aliphatic heterocycles. The summed E-state index contributed by atoms with van der Waals surface area (Å²) in [4.78, 5) is 0. The number of hydrogen-bond acceptors (Lipinski definition) is 2. The Morgan fingerprint density at radius 3 is 2.47 bits per heavy atom. The number of alkyl halides is 3. The first-order valence-corrected chi connectivity index (χ1v) is 4.75. The maximum atomic E-state index is 12.5. The molecule has 2 nitrogen and oxygen atoms in total. The summed E-state index contributed by atoms with van der Waals surface area (Å²) in [6.07, 6.45) is -4.36. The van der Waals surface area contributed by atoms with Gasteiger partial charge in [0.25, 0.3) is 0 Å². The van der Waals surface area contributed by atoms with E-state index in [4.69, 9.17) is 0 Å². The Hall–Kier alpha value is -1.04. The highest BCUT2D eigenvalue weighted by Crippen LogP contribution is 2.38. The van der Waals surface area contributed by atoms with E-state index in [1.807, 2.05) is 0 Å². The van der Waals surface area contributed by atoms with Gasteiger partial charge in [0, 0.05) is 11.2 Å². The molecule has 0 radical (unpaired) electrons. The zero-order valence-electron chi connectivity index (χ0n) is 7.82. The zero-order chi connectivity index (χ0) is 11.6. The predicted octanol–water partition coefficient (Wildman–Crippen LogP) is 3.80. The first-order chi connectivity index (χ1) is 6.88. The standard InChI is InChI=1S/C9H8BrF3N2/c1-5-7(15-14-2)4-3-6(8(5)10)9(11,12)13/h3-4,15H,2H2,1H3. The fourth-order valence-electron chi connectivity index (χ4n) is 1.11. The van der Waals surface area contributed by atoms with Gasteiger partial charge in [0.05, 0.1) is 11.3 Å². The highest BCUT2D eigenvalue weighted by Gasteiger charge is 2.33. The molecule has 6 heteroatoms. The summed E-state index contributed by atoms with van der Waals surface area (Å²) < 4.78 is 37.4. The monoisotopic (exact) mass is 280 g/mol. The molecule has 0 amide bonds. The Morgan fingerprint density at radius 1 is 1.40 bits per heavy atom. The summed E-state index contributed by atoms with van der Waals surface area (Å²) in [5, 5.41) is 3.40. The van der Waals surface area contributed by atoms with Crippen molar-refractivity contribution in [3.63, 3.8) is 0 Å². The topological polar surface area (TPSA) is 24.4 Å². The van der Waals surface area contributed by atoms with Gasteiger partial charge in [0.1, 0.15) is 0 Å². The molecule has 1 N–H and O–H groups in total. The molecule has 0 bridgehead atoms. The van der Waals surface area contributed by atoms with E-state index in [0.29, 0.717) is 11.3 Å². The maximum absolute atomic E-state index is 12.5. The first kappa shape index (κ1) is 12.0. The molecule has 1 aromatic carbocycles. The number of rotatable bonds is 2. The molecule has 0 saturated carbocycles. The van der Waals surface area contributed by atoms with Crippen molar-refractivity contribution in [1.82, 2.24) is 0 Å². The van der Waals surface area contributed by atoms with Crippen molar-refractivity contribution in [1.29, 1.82) is 0 Å². The van der Waals surface area contributed by atoms with Gasteiger partial charge in [-0.25, -0.2) is 0 Å². The van der Waals surface area contributed by atoms with Crippen molar-refractivity contribution >= 4 is 28.3 Å². The smallest absolute Gasteiger partial charge is 0.279 e. The minimum Gasteiger partial charge on any atom is -0.279 e. The van der Waals surface area contributed by atoms with Crippen molar-refractivity contribution in [2.24, 2.45) is 5.10 Å². The Balaban J connectivity index is 3.27. The van der Waals surface area contributed by atoms with Crippen LogP contribution < -0.4 is 5.43 Å². The molecule has 0 aliphatic rings. The molecule has 0 spiro atoms. The summed E-state index contributed by atoms with van der Waals surface area (Å²) in [5.41, 5.74) is 2.74. The lowest BCUT2D eigenvalue weighted by Crippen LogP contribution is -2.07. The van der Waals surface area contributed by atoms with Crippen LogP contribution in [0.3, 0.4) is 0 Å². The average molecular weight is 281 g/mol. The number of hydrazone groups is 1. The van der Waals surface area contributed by atoms with Crippen molar-refractivity contribution in [2.75, 3.05) is 5.43 Å². The summed E-state index contributed by atoms with van der Waals surface area (Å²) in [5.74, 6) is 0. The summed E-state index contributed by atoms with van der Waals surface area (Å²) in [7, 11) is 0. The fraction of sp³-hybridized carbons (Fsp3) is 0.222. The van der Waals surface area contributed by atoms with Crippen LogP contribution in [-0.4, -0.2) is 6.72 Å². The van der Waals surface area contributed by atoms with E-state index in [1.54, 1.807) is 6.92 Å². The second-order valence-corrected chi connectivity index (χ2v) is 3.66. The van der Waals surface area contributed by atoms with Gasteiger partial charge in [0.15, 0.2) is 0 Å². The van der Waals surface area contributed by atoms with Crippen LogP contribution in [0.15, 0.2) is 21.7 Å². The van der Waals surface area contributed by atoms with Gasteiger partial charge in [-0.3, -0.25) is 5.43 Å². The number of benzene rings is 1. The van der Waals surface area contributed by atoms with Crippen molar-refractivity contribution in [3.05, 3.63) is 27.7 Å². The van der Waals surface area contributed by atoms with Crippen LogP contribution in [0.5, 0.6) is 0 Å². The third-order valence-corrected chi connectivity index (χ3v) is 2.91. The van der Waals surface area contributed by atoms with E-state index in [1.165, 1.54) is 6.07 Å². The lowest BCUT2D eigenvalue weighted by Gasteiger charge is -2.13. The van der Waals surface area contributed by atoms with E-state index < -0.39 is 11.7 Å². The average Bonchev–Trinajstić information content (AvgIpc) is 2.11. The molecule has 0 aromatic heterocycles. The minimum atomic E-state index is -4.36. The molecule has 0 atom stereocenters. The predicted molar refractivity (Wildman–Crippen MR) is 57.1 cm³/mol. The van der Waals surface area contributed by atoms with E-state index in [0.717, 1.165) is 6.07 Å². The van der Waals surface area contributed by atoms with Gasteiger partial charge in [0.2, 0.25) is 0 Å². The molecule has 0 heterocycles. The number of nitrogens with one attached hydrogen (secondary N) is 1. The third-order valence-electron chi connectivity index (χ3n) is 1.89. The van der Waals surface area contributed by atoms with E-state index in [-0.39, 0.29) is 4.47 Å². The van der Waals surface area contributed by atoms with Gasteiger partial charge in [-0.05, 0) is 40.5 Å². The van der Waals surface area contributed by atoms with E-state index in [9.17, 15) is 13.2 Å². The first-order valence-electron chi connectivity index (χ1n) is 3.96. The molecule has 1 rings (SSSR count). The van der Waals surface area contributed by atoms with Crippen molar-refractivity contribution < 1.29 is 13.2 Å². The van der Waals surface area contributed by atoms with Gasteiger partial charge in [-0.1, -0.05) is 0 Å². The largest absolute Gasteiger partial charge is 0.417 e. The lowest BCUT2D eigenvalue weighted by molar-refractivity contribution is -0.138. The van der Waals surface area contributed by atoms with Crippen molar-refractivity contribution in [2.45, 2.75) is 13.1 Å². The van der Waals surface area contributed by atoms with Crippen molar-refractivity contribution in [3.8, 4) is 0 Å². The Labute approximate surface area is 93.3 Å². The van der Waals surface area contributed by atoms with Gasteiger partial charge >= 0.3 is 6.18 Å². The van der Waals surface area contributed by atoms with Crippen LogP contribution in [0.1, 0.15) is 11.1 Å². The molecule has 82 valence electrons. The Kier molecular flexibility index (Phi) is 3.38. The second kappa shape index (κ2) is 4.22. The van der Waals surface area contributed by atoms with Crippen LogP contribution in [-0.2, 0) is 6.18 Å². The second-order valence-electron chi connectivity index (χ2n) is 2.87. The van der Waals surface area contributed by atoms with Crippen LogP contribution in [0.4, 0.5) is 18.9 Å². The van der Waals surface area contributed by atoms with Crippen LogP contribution in [0.25, 0.3) is 0 Å². The van der Waals surface area contributed by atoms with Crippen LogP contribution in [0, 0.1) is 6.92 Å². The molecular formula is C9H8BrF3N2. The number of halogens is 4. The van der Waals surface area contributed by atoms with E-state index in [2.05, 4.69) is 33.2 Å². The number of nitrogens with zero attached hydrogens (tertiary/aromatic N) is 1. The summed E-state index contributed by atoms with van der Waals surface area (Å²) in [6, 6.07) is 2.31. The van der Waals surface area contributed by atoms with Crippen LogP contribution in [0.2, 0.25) is 0 Å². The molecular weight excluding hydrogens is 273 g/mol. The number of hydrogen-bond donors (Lipinski definition) is 1. The fourth-order valence-corrected chi connectivity index (χ4v) is 1.68. The molecule has 15 heavy (non-hydrogen) atoms. The van der Waals surface area contributed by atoms with Gasteiger partial charge in [-0.15, -0.1) is 0 Å². The maximum Gasteiger partial charge on any atom is 0.417 e. The zero-order valence-corrected chi connectivity index (χ0v) is 9.41. The minimum absolute atomic E-state index is 0.0173. The summed E-state index contributed by atoms with van der Waals surface area (Å²) in [6.45, 7) is 4.76. The lowest BCUT2D eigenvalue weighted by atomic mass is 10.1. The Morgan fingerprint density at radius 2 is 2.00 bits per heavy atom. The normalized spacial score (nSPS) is 11.3. The highest BCUT2D eigenvalue weighted by molar-refractivity contribution is 9.10. The van der Waals surface area contributed by atoms with Gasteiger partial charge < -0.3 is 0 Å². The molecule has 0 aliphatic carbocycles. The third kappa shape index (κ3) is 2.50. The molecule has 0 unspecified atom stereocenters. The number of anilines is 1. The van der Waals surface area contributed by atoms with Gasteiger partial charge in [-0.2, -0.15) is 18.3 Å². The highest BCUT2D eigenvalue weighted by atomic mass is 79.9. The molecule has 0 saturated heterocycles. The molecule has 1 aromatic rings. The molecule has 0 fully saturated rings. The Bertz CT molecular complexity index is 388. The quantitative estimate of drug-likeness (QED) is 0.647.